The molecule has 3 heteroatoms. The van der Waals surface area contributed by atoms with Crippen LogP contribution in [-0.4, -0.2) is 6.54 Å². The highest BCUT2D eigenvalue weighted by molar-refractivity contribution is 6.31. The summed E-state index contributed by atoms with van der Waals surface area (Å²) in [6.07, 6.45) is 0. The predicted octanol–water partition coefficient (Wildman–Crippen LogP) is 3.22. The molecule has 0 bridgehead atoms. The highest BCUT2D eigenvalue weighted by Gasteiger charge is 2.05. The van der Waals surface area contributed by atoms with E-state index in [1.165, 1.54) is 6.07 Å². The molecule has 0 amide bonds. The Kier molecular flexibility index (Phi) is 4.36. The Morgan fingerprint density at radius 3 is 2.71 bits per heavy atom. The van der Waals surface area contributed by atoms with Gasteiger partial charge in [0.25, 0.3) is 0 Å². The van der Waals surface area contributed by atoms with E-state index in [-0.39, 0.29) is 5.82 Å². The van der Waals surface area contributed by atoms with Crippen molar-refractivity contribution in [3.8, 4) is 0 Å². The van der Waals surface area contributed by atoms with Gasteiger partial charge in [0.1, 0.15) is 5.82 Å². The van der Waals surface area contributed by atoms with Crippen LogP contribution >= 0.6 is 11.6 Å². The molecule has 78 valence electrons. The Hall–Kier alpha value is -0.600. The Balaban J connectivity index is 2.58. The molecule has 0 aliphatic heterocycles. The van der Waals surface area contributed by atoms with E-state index in [2.05, 4.69) is 19.2 Å². The maximum atomic E-state index is 13.3. The van der Waals surface area contributed by atoms with Crippen LogP contribution in [0, 0.1) is 11.7 Å². The molecular weight excluding hydrogens is 201 g/mol. The molecule has 1 aromatic rings. The fourth-order valence-corrected chi connectivity index (χ4v) is 1.42. The van der Waals surface area contributed by atoms with Crippen molar-refractivity contribution in [2.75, 3.05) is 6.54 Å². The van der Waals surface area contributed by atoms with E-state index in [0.717, 1.165) is 6.54 Å². The van der Waals surface area contributed by atoms with Gasteiger partial charge in [-0.05, 0) is 24.6 Å². The maximum Gasteiger partial charge on any atom is 0.129 e. The number of halogens is 2. The smallest absolute Gasteiger partial charge is 0.129 e. The molecule has 0 radical (unpaired) electrons. The Morgan fingerprint density at radius 2 is 2.14 bits per heavy atom. The first kappa shape index (κ1) is 11.5. The normalized spacial score (nSPS) is 10.9. The van der Waals surface area contributed by atoms with Crippen molar-refractivity contribution in [1.82, 2.24) is 5.32 Å². The molecule has 14 heavy (non-hydrogen) atoms. The van der Waals surface area contributed by atoms with Crippen LogP contribution in [0.3, 0.4) is 0 Å². The number of rotatable bonds is 4. The van der Waals surface area contributed by atoms with Crippen molar-refractivity contribution in [2.24, 2.45) is 5.92 Å². The number of benzene rings is 1. The first-order chi connectivity index (χ1) is 6.61. The minimum Gasteiger partial charge on any atom is -0.312 e. The van der Waals surface area contributed by atoms with E-state index in [9.17, 15) is 4.39 Å². The molecule has 1 nitrogen and oxygen atoms in total. The third-order valence-electron chi connectivity index (χ3n) is 1.92. The van der Waals surface area contributed by atoms with Gasteiger partial charge in [-0.3, -0.25) is 0 Å². The van der Waals surface area contributed by atoms with Crippen molar-refractivity contribution in [1.29, 1.82) is 0 Å². The zero-order valence-corrected chi connectivity index (χ0v) is 9.24. The number of nitrogens with one attached hydrogen (secondary N) is 1. The number of hydrogen-bond acceptors (Lipinski definition) is 1. The van der Waals surface area contributed by atoms with E-state index in [1.807, 2.05) is 0 Å². The molecule has 0 aliphatic rings. The van der Waals surface area contributed by atoms with Gasteiger partial charge in [-0.1, -0.05) is 31.5 Å². The van der Waals surface area contributed by atoms with Gasteiger partial charge in [0.05, 0.1) is 0 Å². The third kappa shape index (κ3) is 3.28. The highest BCUT2D eigenvalue weighted by atomic mass is 35.5. The van der Waals surface area contributed by atoms with Crippen LogP contribution in [0.25, 0.3) is 0 Å². The van der Waals surface area contributed by atoms with Gasteiger partial charge in [-0.25, -0.2) is 4.39 Å². The zero-order valence-electron chi connectivity index (χ0n) is 8.48. The largest absolute Gasteiger partial charge is 0.312 e. The second-order valence-corrected chi connectivity index (χ2v) is 4.13. The minimum absolute atomic E-state index is 0.242. The molecule has 0 aliphatic carbocycles. The molecule has 1 rings (SSSR count). The Labute approximate surface area is 89.3 Å². The fourth-order valence-electron chi connectivity index (χ4n) is 1.19. The lowest BCUT2D eigenvalue weighted by Crippen LogP contribution is -2.19. The van der Waals surface area contributed by atoms with E-state index in [1.54, 1.807) is 12.1 Å². The summed E-state index contributed by atoms with van der Waals surface area (Å²) < 4.78 is 13.3. The van der Waals surface area contributed by atoms with E-state index >= 15 is 0 Å². The highest BCUT2D eigenvalue weighted by Crippen LogP contribution is 2.18. The van der Waals surface area contributed by atoms with Crippen LogP contribution < -0.4 is 5.32 Å². The summed E-state index contributed by atoms with van der Waals surface area (Å²) >= 11 is 5.86. The van der Waals surface area contributed by atoms with Crippen molar-refractivity contribution in [3.05, 3.63) is 34.6 Å². The van der Waals surface area contributed by atoms with Crippen LogP contribution in [0.5, 0.6) is 0 Å². The first-order valence-electron chi connectivity index (χ1n) is 4.75. The first-order valence-corrected chi connectivity index (χ1v) is 5.12. The van der Waals surface area contributed by atoms with Crippen LogP contribution in [0.2, 0.25) is 5.02 Å². The van der Waals surface area contributed by atoms with E-state index < -0.39 is 0 Å². The van der Waals surface area contributed by atoms with E-state index in [4.69, 9.17) is 11.6 Å². The summed E-state index contributed by atoms with van der Waals surface area (Å²) in [6, 6.07) is 4.75. The third-order valence-corrected chi connectivity index (χ3v) is 2.27. The molecular formula is C11H15ClFN. The van der Waals surface area contributed by atoms with Gasteiger partial charge < -0.3 is 5.32 Å². The van der Waals surface area contributed by atoms with Crippen molar-refractivity contribution in [3.63, 3.8) is 0 Å². The molecule has 0 heterocycles. The molecule has 0 unspecified atom stereocenters. The topological polar surface area (TPSA) is 12.0 Å². The van der Waals surface area contributed by atoms with Crippen molar-refractivity contribution in [2.45, 2.75) is 20.4 Å². The van der Waals surface area contributed by atoms with Crippen LogP contribution in [0.4, 0.5) is 4.39 Å². The molecule has 0 saturated heterocycles. The second-order valence-electron chi connectivity index (χ2n) is 3.72. The van der Waals surface area contributed by atoms with Gasteiger partial charge in [0.15, 0.2) is 0 Å². The molecule has 0 spiro atoms. The average Bonchev–Trinajstić information content (AvgIpc) is 2.09. The molecule has 0 saturated carbocycles. The van der Waals surface area contributed by atoms with Crippen molar-refractivity contribution >= 4 is 11.6 Å². The van der Waals surface area contributed by atoms with Crippen LogP contribution in [-0.2, 0) is 6.54 Å². The van der Waals surface area contributed by atoms with Gasteiger partial charge >= 0.3 is 0 Å². The lowest BCUT2D eigenvalue weighted by Gasteiger charge is -2.09. The lowest BCUT2D eigenvalue weighted by molar-refractivity contribution is 0.535. The van der Waals surface area contributed by atoms with Gasteiger partial charge in [-0.15, -0.1) is 0 Å². The summed E-state index contributed by atoms with van der Waals surface area (Å²) in [5.74, 6) is 0.314. The molecule has 1 N–H and O–H groups in total. The summed E-state index contributed by atoms with van der Waals surface area (Å²) in [6.45, 7) is 5.57. The lowest BCUT2D eigenvalue weighted by atomic mass is 10.2. The van der Waals surface area contributed by atoms with Crippen molar-refractivity contribution < 1.29 is 4.39 Å². The Bertz CT molecular complexity index is 279. The van der Waals surface area contributed by atoms with Gasteiger partial charge in [0.2, 0.25) is 0 Å². The standard InChI is InChI=1S/C11H15ClFN/c1-8(2)6-14-7-9-10(12)4-3-5-11(9)13/h3-5,8,14H,6-7H2,1-2H3. The minimum atomic E-state index is -0.242. The summed E-state index contributed by atoms with van der Waals surface area (Å²) in [7, 11) is 0. The summed E-state index contributed by atoms with van der Waals surface area (Å²) in [5.41, 5.74) is 0.551. The fraction of sp³-hybridized carbons (Fsp3) is 0.455. The molecule has 1 aromatic carbocycles. The zero-order chi connectivity index (χ0) is 10.6. The second kappa shape index (κ2) is 5.32. The molecule has 0 fully saturated rings. The summed E-state index contributed by atoms with van der Waals surface area (Å²) in [4.78, 5) is 0. The molecule has 0 atom stereocenters. The van der Waals surface area contributed by atoms with Gasteiger partial charge in [-0.2, -0.15) is 0 Å². The van der Waals surface area contributed by atoms with Crippen LogP contribution in [0.1, 0.15) is 19.4 Å². The SMILES string of the molecule is CC(C)CNCc1c(F)cccc1Cl. The van der Waals surface area contributed by atoms with Gasteiger partial charge in [0, 0.05) is 17.1 Å². The van der Waals surface area contributed by atoms with E-state index in [0.29, 0.717) is 23.0 Å². The van der Waals surface area contributed by atoms with Crippen LogP contribution in [0.15, 0.2) is 18.2 Å². The maximum absolute atomic E-state index is 13.3. The monoisotopic (exact) mass is 215 g/mol. The molecule has 0 aromatic heterocycles. The summed E-state index contributed by atoms with van der Waals surface area (Å²) in [5, 5.41) is 3.65. The Morgan fingerprint density at radius 1 is 1.43 bits per heavy atom. The number of hydrogen-bond donors (Lipinski definition) is 1. The average molecular weight is 216 g/mol. The quantitative estimate of drug-likeness (QED) is 0.813. The predicted molar refractivity (Wildman–Crippen MR) is 58.0 cm³/mol.